The third-order valence-corrected chi connectivity index (χ3v) is 7.63. The maximum Gasteiger partial charge on any atom is 0.196 e. The zero-order valence-electron chi connectivity index (χ0n) is 20.0. The lowest BCUT2D eigenvalue weighted by Gasteiger charge is -2.13. The summed E-state index contributed by atoms with van der Waals surface area (Å²) in [6.07, 6.45) is 8.61. The second-order valence-electron chi connectivity index (χ2n) is 8.87. The number of ketones is 1. The lowest BCUT2D eigenvalue weighted by Crippen LogP contribution is -2.08. The molecule has 0 unspecified atom stereocenters. The molecule has 0 atom stereocenters. The van der Waals surface area contributed by atoms with Crippen LogP contribution in [0.1, 0.15) is 54.4 Å². The summed E-state index contributed by atoms with van der Waals surface area (Å²) in [5, 5.41) is 10.5. The lowest BCUT2D eigenvalue weighted by molar-refractivity contribution is 0.101. The van der Waals surface area contributed by atoms with E-state index < -0.39 is 0 Å². The Kier molecular flexibility index (Phi) is 6.95. The molecule has 1 aliphatic rings. The molecule has 35 heavy (non-hydrogen) atoms. The molecular formula is C28H28N4O2S. The summed E-state index contributed by atoms with van der Waals surface area (Å²) in [4.78, 5) is 15.9. The molecule has 0 N–H and O–H groups in total. The molecule has 0 radical (unpaired) electrons. The Labute approximate surface area is 209 Å². The van der Waals surface area contributed by atoms with Crippen molar-refractivity contribution in [1.29, 1.82) is 0 Å². The molecule has 0 amide bonds. The largest absolute Gasteiger partial charge is 0.486 e. The van der Waals surface area contributed by atoms with E-state index in [4.69, 9.17) is 4.74 Å². The first-order chi connectivity index (χ1) is 17.1. The van der Waals surface area contributed by atoms with Gasteiger partial charge >= 0.3 is 0 Å². The molecule has 2 aromatic carbocycles. The van der Waals surface area contributed by atoms with Crippen LogP contribution in [0, 0.1) is 6.92 Å². The Morgan fingerprint density at radius 3 is 2.57 bits per heavy atom. The minimum atomic E-state index is 0.0703. The molecule has 1 aliphatic carbocycles. The van der Waals surface area contributed by atoms with Crippen LogP contribution in [0.25, 0.3) is 16.8 Å². The predicted octanol–water partition coefficient (Wildman–Crippen LogP) is 6.45. The van der Waals surface area contributed by atoms with Crippen LogP contribution >= 0.6 is 11.8 Å². The maximum atomic E-state index is 11.6. The van der Waals surface area contributed by atoms with E-state index in [1.165, 1.54) is 25.7 Å². The van der Waals surface area contributed by atoms with Crippen molar-refractivity contribution in [2.24, 2.45) is 0 Å². The standard InChI is InChI=1S/C28H28N4O2S/c1-19-16-24(13-14-26(19)22-11-9-21(10-12-22)20(2)33)34-18-27-30-31-28(35-25-7-3-4-8-25)32(27)23-6-5-15-29-17-23/h5-6,9-17,25H,3-4,7-8,18H2,1-2H3. The zero-order valence-corrected chi connectivity index (χ0v) is 20.8. The third kappa shape index (κ3) is 5.30. The highest BCUT2D eigenvalue weighted by Gasteiger charge is 2.22. The Hall–Kier alpha value is -3.45. The number of Topliss-reactive ketones (excluding diaryl/α,β-unsaturated/α-hetero) is 1. The Balaban J connectivity index is 1.35. The smallest absolute Gasteiger partial charge is 0.196 e. The number of nitrogens with zero attached hydrogens (tertiary/aromatic N) is 4. The van der Waals surface area contributed by atoms with Gasteiger partial charge in [0.1, 0.15) is 12.4 Å². The van der Waals surface area contributed by atoms with Gasteiger partial charge in [-0.25, -0.2) is 0 Å². The fourth-order valence-corrected chi connectivity index (χ4v) is 5.72. The highest BCUT2D eigenvalue weighted by atomic mass is 32.2. The van der Waals surface area contributed by atoms with Gasteiger partial charge in [0.05, 0.1) is 11.9 Å². The second kappa shape index (κ2) is 10.4. The van der Waals surface area contributed by atoms with Crippen LogP contribution in [0.5, 0.6) is 5.75 Å². The van der Waals surface area contributed by atoms with E-state index in [9.17, 15) is 4.79 Å². The number of ether oxygens (including phenoxy) is 1. The van der Waals surface area contributed by atoms with Crippen LogP contribution in [0.3, 0.4) is 0 Å². The molecule has 1 saturated carbocycles. The Morgan fingerprint density at radius 2 is 1.89 bits per heavy atom. The monoisotopic (exact) mass is 484 g/mol. The van der Waals surface area contributed by atoms with Gasteiger partial charge < -0.3 is 4.74 Å². The van der Waals surface area contributed by atoms with Gasteiger partial charge in [0.15, 0.2) is 16.8 Å². The van der Waals surface area contributed by atoms with Gasteiger partial charge in [-0.1, -0.05) is 54.9 Å². The molecule has 2 heterocycles. The molecule has 6 nitrogen and oxygen atoms in total. The number of benzene rings is 2. The van der Waals surface area contributed by atoms with E-state index in [0.717, 1.165) is 44.7 Å². The van der Waals surface area contributed by atoms with Crippen molar-refractivity contribution in [3.63, 3.8) is 0 Å². The highest BCUT2D eigenvalue weighted by molar-refractivity contribution is 7.99. The number of hydrogen-bond acceptors (Lipinski definition) is 6. The van der Waals surface area contributed by atoms with E-state index >= 15 is 0 Å². The molecule has 7 heteroatoms. The van der Waals surface area contributed by atoms with Crippen molar-refractivity contribution >= 4 is 17.5 Å². The molecule has 5 rings (SSSR count). The minimum absolute atomic E-state index is 0.0703. The number of thioether (sulfide) groups is 1. The molecule has 1 fully saturated rings. The average Bonchev–Trinajstić information content (AvgIpc) is 3.54. The highest BCUT2D eigenvalue weighted by Crippen LogP contribution is 2.35. The number of aryl methyl sites for hydroxylation is 1. The van der Waals surface area contributed by atoms with Crippen LogP contribution in [0.15, 0.2) is 72.1 Å². The summed E-state index contributed by atoms with van der Waals surface area (Å²) in [7, 11) is 0. The van der Waals surface area contributed by atoms with E-state index in [0.29, 0.717) is 11.9 Å². The molecule has 0 saturated heterocycles. The van der Waals surface area contributed by atoms with Crippen molar-refractivity contribution in [2.75, 3.05) is 0 Å². The molecule has 178 valence electrons. The zero-order chi connectivity index (χ0) is 24.2. The number of rotatable bonds is 8. The van der Waals surface area contributed by atoms with Crippen molar-refractivity contribution in [3.05, 3.63) is 83.9 Å². The van der Waals surface area contributed by atoms with Gasteiger partial charge in [-0.05, 0) is 67.6 Å². The summed E-state index contributed by atoms with van der Waals surface area (Å²) in [6, 6.07) is 17.7. The van der Waals surface area contributed by atoms with E-state index in [1.54, 1.807) is 24.9 Å². The van der Waals surface area contributed by atoms with Crippen LogP contribution < -0.4 is 4.74 Å². The van der Waals surface area contributed by atoms with Gasteiger partial charge in [-0.15, -0.1) is 10.2 Å². The van der Waals surface area contributed by atoms with Crippen LogP contribution in [0.2, 0.25) is 0 Å². The molecular weight excluding hydrogens is 456 g/mol. The number of carbonyl (C=O) groups is 1. The van der Waals surface area contributed by atoms with Gasteiger partial charge in [0, 0.05) is 17.0 Å². The molecule has 0 bridgehead atoms. The summed E-state index contributed by atoms with van der Waals surface area (Å²) < 4.78 is 8.23. The third-order valence-electron chi connectivity index (χ3n) is 6.35. The van der Waals surface area contributed by atoms with Gasteiger partial charge in [-0.3, -0.25) is 14.3 Å². The summed E-state index contributed by atoms with van der Waals surface area (Å²) >= 11 is 1.80. The normalized spacial score (nSPS) is 13.8. The SMILES string of the molecule is CC(=O)c1ccc(-c2ccc(OCc3nnc(SC4CCCC4)n3-c3cccnc3)cc2C)cc1. The maximum absolute atomic E-state index is 11.6. The first-order valence-corrected chi connectivity index (χ1v) is 12.8. The quantitative estimate of drug-likeness (QED) is 0.268. The van der Waals surface area contributed by atoms with Crippen LogP contribution in [0.4, 0.5) is 0 Å². The molecule has 2 aromatic heterocycles. The van der Waals surface area contributed by atoms with Crippen LogP contribution in [-0.4, -0.2) is 30.8 Å². The number of hydrogen-bond donors (Lipinski definition) is 0. The average molecular weight is 485 g/mol. The van der Waals surface area contributed by atoms with Crippen molar-refractivity contribution in [2.45, 2.75) is 56.5 Å². The number of aromatic nitrogens is 4. The van der Waals surface area contributed by atoms with Crippen molar-refractivity contribution in [3.8, 4) is 22.6 Å². The summed E-state index contributed by atoms with van der Waals surface area (Å²) in [5.74, 6) is 1.60. The van der Waals surface area contributed by atoms with Crippen LogP contribution in [-0.2, 0) is 6.61 Å². The summed E-state index contributed by atoms with van der Waals surface area (Å²) in [5.41, 5.74) is 4.95. The molecule has 0 aliphatic heterocycles. The van der Waals surface area contributed by atoms with Gasteiger partial charge in [0.2, 0.25) is 0 Å². The van der Waals surface area contributed by atoms with E-state index in [1.807, 2.05) is 54.7 Å². The van der Waals surface area contributed by atoms with Gasteiger partial charge in [0.25, 0.3) is 0 Å². The van der Waals surface area contributed by atoms with E-state index in [2.05, 4.69) is 32.7 Å². The lowest BCUT2D eigenvalue weighted by atomic mass is 9.98. The van der Waals surface area contributed by atoms with Crippen molar-refractivity contribution < 1.29 is 9.53 Å². The Bertz CT molecular complexity index is 1310. The topological polar surface area (TPSA) is 69.9 Å². The van der Waals surface area contributed by atoms with Gasteiger partial charge in [-0.2, -0.15) is 0 Å². The Morgan fingerprint density at radius 1 is 1.09 bits per heavy atom. The van der Waals surface area contributed by atoms with Crippen molar-refractivity contribution in [1.82, 2.24) is 19.7 Å². The second-order valence-corrected chi connectivity index (χ2v) is 10.1. The minimum Gasteiger partial charge on any atom is -0.486 e. The first kappa shape index (κ1) is 23.3. The van der Waals surface area contributed by atoms with E-state index in [-0.39, 0.29) is 5.78 Å². The summed E-state index contributed by atoms with van der Waals surface area (Å²) in [6.45, 7) is 3.95. The first-order valence-electron chi connectivity index (χ1n) is 11.9. The number of carbonyl (C=O) groups excluding carboxylic acids is 1. The fraction of sp³-hybridized carbons (Fsp3) is 0.286. The number of pyridine rings is 1. The predicted molar refractivity (Wildman–Crippen MR) is 138 cm³/mol. The molecule has 4 aromatic rings. The molecule has 0 spiro atoms. The fourth-order valence-electron chi connectivity index (χ4n) is 4.45.